The van der Waals surface area contributed by atoms with Gasteiger partial charge in [0.25, 0.3) is 5.69 Å². The van der Waals surface area contributed by atoms with E-state index in [0.717, 1.165) is 4.90 Å². The summed E-state index contributed by atoms with van der Waals surface area (Å²) in [6, 6.07) is 3.97. The van der Waals surface area contributed by atoms with Gasteiger partial charge in [-0.15, -0.1) is 0 Å². The average molecular weight is 300 g/mol. The van der Waals surface area contributed by atoms with Crippen molar-refractivity contribution in [3.8, 4) is 0 Å². The summed E-state index contributed by atoms with van der Waals surface area (Å²) in [5.41, 5.74) is -0.881. The number of nitro benzene ring substituents is 1. The van der Waals surface area contributed by atoms with E-state index >= 15 is 0 Å². The summed E-state index contributed by atoms with van der Waals surface area (Å²) in [7, 11) is 0. The molecule has 0 aliphatic heterocycles. The van der Waals surface area contributed by atoms with E-state index in [2.05, 4.69) is 6.92 Å². The molecule has 109 valence electrons. The Labute approximate surface area is 122 Å². The molecule has 0 aliphatic rings. The average Bonchev–Trinajstić information content (AvgIpc) is 2.27. The van der Waals surface area contributed by atoms with Gasteiger partial charge in [0.1, 0.15) is 11.3 Å². The van der Waals surface area contributed by atoms with Crippen molar-refractivity contribution in [1.82, 2.24) is 0 Å². The minimum absolute atomic E-state index is 0.0178. The fraction of sp³-hybridized carbons (Fsp3) is 0.385. The summed E-state index contributed by atoms with van der Waals surface area (Å²) in [5.74, 6) is 0. The number of hydrogen-bond donors (Lipinski definition) is 0. The Morgan fingerprint density at radius 1 is 1.50 bits per heavy atom. The molecule has 1 aromatic rings. The van der Waals surface area contributed by atoms with Crippen molar-refractivity contribution in [2.75, 3.05) is 11.4 Å². The quantitative estimate of drug-likeness (QED) is 0.628. The fourth-order valence-electron chi connectivity index (χ4n) is 1.49. The lowest BCUT2D eigenvalue weighted by Crippen LogP contribution is -2.37. The first kappa shape index (κ1) is 16.2. The second-order valence-electron chi connectivity index (χ2n) is 5.02. The van der Waals surface area contributed by atoms with Gasteiger partial charge >= 0.3 is 6.09 Å². The van der Waals surface area contributed by atoms with Gasteiger partial charge in [-0.1, -0.05) is 11.6 Å². The molecule has 0 saturated carbocycles. The van der Waals surface area contributed by atoms with E-state index in [4.69, 9.17) is 16.3 Å². The van der Waals surface area contributed by atoms with Gasteiger partial charge < -0.3 is 4.74 Å². The molecule has 0 atom stereocenters. The Bertz CT molecular complexity index is 526. The number of carbonyl (C=O) groups is 1. The third kappa shape index (κ3) is 4.09. The number of anilines is 1. The van der Waals surface area contributed by atoms with Crippen molar-refractivity contribution < 1.29 is 14.5 Å². The number of halogens is 1. The number of rotatable bonds is 3. The van der Waals surface area contributed by atoms with Crippen LogP contribution < -0.4 is 4.90 Å². The van der Waals surface area contributed by atoms with Crippen molar-refractivity contribution in [3.63, 3.8) is 0 Å². The fourth-order valence-corrected chi connectivity index (χ4v) is 1.66. The highest BCUT2D eigenvalue weighted by atomic mass is 35.5. The summed E-state index contributed by atoms with van der Waals surface area (Å²) in [6.07, 6.45) is -0.710. The first-order valence-corrected chi connectivity index (χ1v) is 6.27. The van der Waals surface area contributed by atoms with Crippen LogP contribution in [0.4, 0.5) is 16.2 Å². The maximum Gasteiger partial charge on any atom is 0.415 e. The Morgan fingerprint density at radius 3 is 2.55 bits per heavy atom. The number of benzene rings is 1. The number of nitro groups is 1. The SMILES string of the molecule is [CH2]CN(C(=O)OC(C)(C)C)c1cc(Cl)ccc1[N+](=O)[O-]. The van der Waals surface area contributed by atoms with Gasteiger partial charge in [-0.25, -0.2) is 4.79 Å². The lowest BCUT2D eigenvalue weighted by atomic mass is 10.2. The van der Waals surface area contributed by atoms with Gasteiger partial charge in [0.05, 0.1) is 4.92 Å². The Balaban J connectivity index is 3.21. The van der Waals surface area contributed by atoms with E-state index in [0.29, 0.717) is 0 Å². The molecule has 0 saturated heterocycles. The summed E-state index contributed by atoms with van der Waals surface area (Å²) in [6.45, 7) is 8.71. The van der Waals surface area contributed by atoms with Gasteiger partial charge in [0, 0.05) is 17.6 Å². The third-order valence-corrected chi connectivity index (χ3v) is 2.50. The molecule has 20 heavy (non-hydrogen) atoms. The molecule has 1 radical (unpaired) electrons. The standard InChI is InChI=1S/C13H16ClN2O4/c1-5-15(12(17)20-13(2,3)4)11-8-9(14)6-7-10(11)16(18)19/h6-8H,1,5H2,2-4H3. The van der Waals surface area contributed by atoms with Crippen LogP contribution >= 0.6 is 11.6 Å². The van der Waals surface area contributed by atoms with Crippen LogP contribution in [0.15, 0.2) is 18.2 Å². The first-order chi connectivity index (χ1) is 9.15. The number of ether oxygens (including phenoxy) is 1. The molecule has 0 fully saturated rings. The van der Waals surface area contributed by atoms with Crippen LogP contribution in [0.5, 0.6) is 0 Å². The maximum absolute atomic E-state index is 12.1. The number of carbonyl (C=O) groups excluding carboxylic acids is 1. The molecule has 0 heterocycles. The van der Waals surface area contributed by atoms with Crippen LogP contribution in [0.1, 0.15) is 20.8 Å². The maximum atomic E-state index is 12.1. The van der Waals surface area contributed by atoms with Crippen LogP contribution in [-0.4, -0.2) is 23.2 Å². The molecule has 0 bridgehead atoms. The molecule has 7 heteroatoms. The summed E-state index contributed by atoms with van der Waals surface area (Å²) in [4.78, 5) is 23.6. The molecular weight excluding hydrogens is 284 g/mol. The molecule has 1 aromatic carbocycles. The lowest BCUT2D eigenvalue weighted by molar-refractivity contribution is -0.384. The summed E-state index contributed by atoms with van der Waals surface area (Å²) >= 11 is 5.84. The monoisotopic (exact) mass is 299 g/mol. The van der Waals surface area contributed by atoms with Crippen LogP contribution in [0, 0.1) is 17.0 Å². The number of nitrogens with zero attached hydrogens (tertiary/aromatic N) is 2. The lowest BCUT2D eigenvalue weighted by Gasteiger charge is -2.26. The van der Waals surface area contributed by atoms with E-state index in [1.54, 1.807) is 20.8 Å². The Hall–Kier alpha value is -1.82. The van der Waals surface area contributed by atoms with E-state index in [-0.39, 0.29) is 22.9 Å². The highest BCUT2D eigenvalue weighted by molar-refractivity contribution is 6.31. The smallest absolute Gasteiger partial charge is 0.415 e. The van der Waals surface area contributed by atoms with Crippen molar-refractivity contribution in [2.24, 2.45) is 0 Å². The summed E-state index contributed by atoms with van der Waals surface area (Å²) < 4.78 is 5.20. The van der Waals surface area contributed by atoms with Crippen molar-refractivity contribution in [3.05, 3.63) is 40.3 Å². The van der Waals surface area contributed by atoms with E-state index in [9.17, 15) is 14.9 Å². The van der Waals surface area contributed by atoms with E-state index < -0.39 is 16.6 Å². The molecule has 1 rings (SSSR count). The number of hydrogen-bond acceptors (Lipinski definition) is 4. The topological polar surface area (TPSA) is 72.7 Å². The number of amides is 1. The largest absolute Gasteiger partial charge is 0.443 e. The predicted octanol–water partition coefficient (Wildman–Crippen LogP) is 3.82. The van der Waals surface area contributed by atoms with Crippen LogP contribution in [-0.2, 0) is 4.74 Å². The van der Waals surface area contributed by atoms with E-state index in [1.165, 1.54) is 18.2 Å². The van der Waals surface area contributed by atoms with Crippen molar-refractivity contribution in [1.29, 1.82) is 0 Å². The molecule has 0 spiro atoms. The third-order valence-electron chi connectivity index (χ3n) is 2.26. The van der Waals surface area contributed by atoms with Crippen molar-refractivity contribution in [2.45, 2.75) is 26.4 Å². The Kier molecular flexibility index (Phi) is 4.94. The van der Waals surface area contributed by atoms with E-state index in [1.807, 2.05) is 0 Å². The molecule has 0 aromatic heterocycles. The van der Waals surface area contributed by atoms with Gasteiger partial charge in [-0.2, -0.15) is 0 Å². The zero-order valence-corrected chi connectivity index (χ0v) is 12.3. The van der Waals surface area contributed by atoms with Crippen LogP contribution in [0.2, 0.25) is 5.02 Å². The highest BCUT2D eigenvalue weighted by Crippen LogP contribution is 2.31. The molecule has 1 amide bonds. The zero-order valence-electron chi connectivity index (χ0n) is 11.6. The van der Waals surface area contributed by atoms with Crippen LogP contribution in [0.3, 0.4) is 0 Å². The minimum Gasteiger partial charge on any atom is -0.443 e. The van der Waals surface area contributed by atoms with Crippen LogP contribution in [0.25, 0.3) is 0 Å². The Morgan fingerprint density at radius 2 is 2.10 bits per heavy atom. The zero-order chi connectivity index (χ0) is 15.5. The first-order valence-electron chi connectivity index (χ1n) is 5.89. The minimum atomic E-state index is -0.710. The molecule has 6 nitrogen and oxygen atoms in total. The second kappa shape index (κ2) is 6.09. The second-order valence-corrected chi connectivity index (χ2v) is 5.46. The van der Waals surface area contributed by atoms with Gasteiger partial charge in [-0.05, 0) is 39.8 Å². The van der Waals surface area contributed by atoms with Gasteiger partial charge in [0.15, 0.2) is 0 Å². The van der Waals surface area contributed by atoms with Gasteiger partial charge in [-0.3, -0.25) is 15.0 Å². The predicted molar refractivity (Wildman–Crippen MR) is 77.0 cm³/mol. The normalized spacial score (nSPS) is 11.1. The summed E-state index contributed by atoms with van der Waals surface area (Å²) in [5, 5.41) is 11.3. The van der Waals surface area contributed by atoms with Gasteiger partial charge in [0.2, 0.25) is 0 Å². The molecule has 0 N–H and O–H groups in total. The molecule has 0 aliphatic carbocycles. The molecule has 0 unspecified atom stereocenters. The highest BCUT2D eigenvalue weighted by Gasteiger charge is 2.27. The molecular formula is C13H16ClN2O4. The van der Waals surface area contributed by atoms with Crippen molar-refractivity contribution >= 4 is 29.1 Å².